The van der Waals surface area contributed by atoms with Crippen LogP contribution in [0.2, 0.25) is 0 Å². The molecule has 3 heterocycles. The molecule has 0 aromatic carbocycles. The van der Waals surface area contributed by atoms with Crippen LogP contribution in [0.1, 0.15) is 37.5 Å². The minimum atomic E-state index is 0.0893. The minimum Gasteiger partial charge on any atom is -0.375 e. The summed E-state index contributed by atoms with van der Waals surface area (Å²) in [7, 11) is 0. The van der Waals surface area contributed by atoms with Crippen molar-refractivity contribution in [1.29, 1.82) is 0 Å². The molecule has 0 bridgehead atoms. The van der Waals surface area contributed by atoms with E-state index >= 15 is 0 Å². The maximum absolute atomic E-state index is 6.10. The Morgan fingerprint density at radius 3 is 3.11 bits per heavy atom. The van der Waals surface area contributed by atoms with Gasteiger partial charge in [-0.15, -0.1) is 0 Å². The first-order valence-electron chi connectivity index (χ1n) is 6.63. The van der Waals surface area contributed by atoms with Gasteiger partial charge < -0.3 is 10.5 Å². The van der Waals surface area contributed by atoms with Crippen LogP contribution >= 0.6 is 11.8 Å². The Morgan fingerprint density at radius 1 is 1.50 bits per heavy atom. The molecule has 5 nitrogen and oxygen atoms in total. The summed E-state index contributed by atoms with van der Waals surface area (Å²) in [6.45, 7) is 1.29. The molecular formula is C12H20N4OS. The van der Waals surface area contributed by atoms with Crippen molar-refractivity contribution < 1.29 is 4.74 Å². The van der Waals surface area contributed by atoms with Gasteiger partial charge in [0.25, 0.3) is 0 Å². The van der Waals surface area contributed by atoms with Gasteiger partial charge in [-0.1, -0.05) is 0 Å². The number of hydrogen-bond donors (Lipinski definition) is 1. The lowest BCUT2D eigenvalue weighted by Crippen LogP contribution is -2.43. The molecule has 0 radical (unpaired) electrons. The molecule has 1 aromatic rings. The summed E-state index contributed by atoms with van der Waals surface area (Å²) in [5.41, 5.74) is 5.80. The van der Waals surface area contributed by atoms with Crippen LogP contribution in [-0.2, 0) is 11.3 Å². The van der Waals surface area contributed by atoms with Crippen molar-refractivity contribution in [3.8, 4) is 0 Å². The lowest BCUT2D eigenvalue weighted by atomic mass is 9.85. The molecule has 1 spiro atoms. The van der Waals surface area contributed by atoms with Crippen LogP contribution in [0.15, 0.2) is 6.33 Å². The van der Waals surface area contributed by atoms with Crippen molar-refractivity contribution >= 4 is 11.8 Å². The van der Waals surface area contributed by atoms with E-state index in [1.807, 2.05) is 16.4 Å². The predicted octanol–water partition coefficient (Wildman–Crippen LogP) is 1.35. The number of nitrogens with zero attached hydrogens (tertiary/aromatic N) is 3. The summed E-state index contributed by atoms with van der Waals surface area (Å²) >= 11 is 2.03. The molecular weight excluding hydrogens is 248 g/mol. The second-order valence-corrected chi connectivity index (χ2v) is 6.34. The zero-order valence-electron chi connectivity index (χ0n) is 10.5. The van der Waals surface area contributed by atoms with Gasteiger partial charge in [-0.05, 0) is 37.2 Å². The van der Waals surface area contributed by atoms with Gasteiger partial charge in [0.1, 0.15) is 12.2 Å². The van der Waals surface area contributed by atoms with Gasteiger partial charge in [-0.25, -0.2) is 9.67 Å². The van der Waals surface area contributed by atoms with Crippen LogP contribution in [0.5, 0.6) is 0 Å². The Morgan fingerprint density at radius 2 is 2.33 bits per heavy atom. The number of thioether (sulfide) groups is 1. The Hall–Kier alpha value is -0.590. The fourth-order valence-electron chi connectivity index (χ4n) is 3.03. The fraction of sp³-hybridized carbons (Fsp3) is 0.833. The first kappa shape index (κ1) is 12.4. The van der Waals surface area contributed by atoms with Crippen molar-refractivity contribution in [2.75, 3.05) is 18.1 Å². The zero-order valence-corrected chi connectivity index (χ0v) is 11.4. The highest BCUT2D eigenvalue weighted by atomic mass is 32.2. The standard InChI is InChI=1S/C12H20N4OS/c13-8-11-14-9-15-16(11)10-1-4-17-12(7-10)2-5-18-6-3-12/h9-10H,1-8,13H2. The monoisotopic (exact) mass is 268 g/mol. The smallest absolute Gasteiger partial charge is 0.140 e. The molecule has 1 aromatic heterocycles. The van der Waals surface area contributed by atoms with E-state index in [-0.39, 0.29) is 5.60 Å². The van der Waals surface area contributed by atoms with E-state index in [1.165, 1.54) is 24.3 Å². The number of hydrogen-bond acceptors (Lipinski definition) is 5. The van der Waals surface area contributed by atoms with Crippen LogP contribution < -0.4 is 5.73 Å². The highest BCUT2D eigenvalue weighted by Gasteiger charge is 2.39. The Labute approximate surface area is 111 Å². The highest BCUT2D eigenvalue weighted by Crippen LogP contribution is 2.41. The van der Waals surface area contributed by atoms with E-state index in [0.29, 0.717) is 12.6 Å². The molecule has 1 atom stereocenters. The second-order valence-electron chi connectivity index (χ2n) is 5.12. The zero-order chi connectivity index (χ0) is 12.4. The van der Waals surface area contributed by atoms with Crippen molar-refractivity contribution in [2.24, 2.45) is 5.73 Å². The van der Waals surface area contributed by atoms with Gasteiger partial charge in [0.15, 0.2) is 0 Å². The van der Waals surface area contributed by atoms with E-state index in [9.17, 15) is 0 Å². The van der Waals surface area contributed by atoms with E-state index in [0.717, 1.165) is 25.3 Å². The van der Waals surface area contributed by atoms with Crippen LogP contribution in [0.3, 0.4) is 0 Å². The topological polar surface area (TPSA) is 66.0 Å². The average Bonchev–Trinajstić information content (AvgIpc) is 2.88. The molecule has 2 saturated heterocycles. The fourth-order valence-corrected chi connectivity index (χ4v) is 4.26. The summed E-state index contributed by atoms with van der Waals surface area (Å²) in [5.74, 6) is 3.32. The molecule has 0 aliphatic carbocycles. The number of rotatable bonds is 2. The van der Waals surface area contributed by atoms with Crippen molar-refractivity contribution in [3.05, 3.63) is 12.2 Å². The molecule has 18 heavy (non-hydrogen) atoms. The van der Waals surface area contributed by atoms with Gasteiger partial charge in [0.2, 0.25) is 0 Å². The molecule has 1 unspecified atom stereocenters. The van der Waals surface area contributed by atoms with Crippen LogP contribution in [0.25, 0.3) is 0 Å². The average molecular weight is 268 g/mol. The lowest BCUT2D eigenvalue weighted by Gasteiger charge is -2.43. The summed E-state index contributed by atoms with van der Waals surface area (Å²) < 4.78 is 8.12. The molecule has 2 N–H and O–H groups in total. The third-order valence-electron chi connectivity index (χ3n) is 4.05. The first-order chi connectivity index (χ1) is 8.83. The van der Waals surface area contributed by atoms with Crippen molar-refractivity contribution in [2.45, 2.75) is 43.9 Å². The number of aromatic nitrogens is 3. The number of nitrogens with two attached hydrogens (primary N) is 1. The predicted molar refractivity (Wildman–Crippen MR) is 71.4 cm³/mol. The highest BCUT2D eigenvalue weighted by molar-refractivity contribution is 7.99. The van der Waals surface area contributed by atoms with Crippen LogP contribution in [-0.4, -0.2) is 38.5 Å². The molecule has 2 fully saturated rings. The minimum absolute atomic E-state index is 0.0893. The van der Waals surface area contributed by atoms with Gasteiger partial charge in [-0.3, -0.25) is 0 Å². The molecule has 100 valence electrons. The molecule has 2 aliphatic heterocycles. The van der Waals surface area contributed by atoms with E-state index < -0.39 is 0 Å². The molecule has 6 heteroatoms. The summed E-state index contributed by atoms with van der Waals surface area (Å²) in [5, 5.41) is 4.35. The molecule has 0 saturated carbocycles. The van der Waals surface area contributed by atoms with Crippen molar-refractivity contribution in [1.82, 2.24) is 14.8 Å². The summed E-state index contributed by atoms with van der Waals surface area (Å²) in [6, 6.07) is 0.405. The van der Waals surface area contributed by atoms with Crippen LogP contribution in [0.4, 0.5) is 0 Å². The second kappa shape index (κ2) is 5.19. The van der Waals surface area contributed by atoms with E-state index in [4.69, 9.17) is 10.5 Å². The van der Waals surface area contributed by atoms with Gasteiger partial charge in [-0.2, -0.15) is 16.9 Å². The summed E-state index contributed by atoms with van der Waals surface area (Å²) in [6.07, 6.45) is 6.03. The first-order valence-corrected chi connectivity index (χ1v) is 7.79. The van der Waals surface area contributed by atoms with Gasteiger partial charge >= 0.3 is 0 Å². The Balaban J connectivity index is 1.77. The van der Waals surface area contributed by atoms with E-state index in [2.05, 4.69) is 10.1 Å². The van der Waals surface area contributed by atoms with E-state index in [1.54, 1.807) is 6.33 Å². The molecule has 0 amide bonds. The lowest BCUT2D eigenvalue weighted by molar-refractivity contribution is -0.101. The quantitative estimate of drug-likeness (QED) is 0.877. The third-order valence-corrected chi connectivity index (χ3v) is 5.03. The molecule has 3 rings (SSSR count). The largest absolute Gasteiger partial charge is 0.375 e. The molecule has 2 aliphatic rings. The normalized spacial score (nSPS) is 27.5. The summed E-state index contributed by atoms with van der Waals surface area (Å²) in [4.78, 5) is 4.23. The van der Waals surface area contributed by atoms with Gasteiger partial charge in [0.05, 0.1) is 18.2 Å². The third kappa shape index (κ3) is 2.29. The number of ether oxygens (including phenoxy) is 1. The SMILES string of the molecule is NCc1ncnn1C1CCOC2(CCSCC2)C1. The Bertz CT molecular complexity index is 397. The van der Waals surface area contributed by atoms with Crippen molar-refractivity contribution in [3.63, 3.8) is 0 Å². The Kier molecular flexibility index (Phi) is 3.59. The maximum atomic E-state index is 6.10. The van der Waals surface area contributed by atoms with Crippen LogP contribution in [0, 0.1) is 0 Å². The van der Waals surface area contributed by atoms with Gasteiger partial charge in [0, 0.05) is 6.61 Å². The maximum Gasteiger partial charge on any atom is 0.140 e.